The molecule has 2 aromatic heterocycles. The average Bonchev–Trinajstić information content (AvgIpc) is 2.90. The Kier molecular flexibility index (Phi) is 4.60. The van der Waals surface area contributed by atoms with Crippen molar-refractivity contribution in [3.8, 4) is 0 Å². The number of nitrogens with zero attached hydrogens (tertiary/aromatic N) is 3. The highest BCUT2D eigenvalue weighted by Gasteiger charge is 2.20. The number of hydrogen-bond donors (Lipinski definition) is 1. The van der Waals surface area contributed by atoms with Crippen LogP contribution in [-0.4, -0.2) is 28.0 Å². The van der Waals surface area contributed by atoms with Crippen molar-refractivity contribution >= 4 is 11.3 Å². The van der Waals surface area contributed by atoms with Gasteiger partial charge in [-0.05, 0) is 50.8 Å². The molecule has 0 fully saturated rings. The molecule has 1 atom stereocenters. The van der Waals surface area contributed by atoms with Crippen molar-refractivity contribution in [2.75, 3.05) is 13.1 Å². The van der Waals surface area contributed by atoms with E-state index < -0.39 is 0 Å². The van der Waals surface area contributed by atoms with E-state index in [4.69, 9.17) is 4.98 Å². The molecule has 0 aromatic carbocycles. The Hall–Kier alpha value is -1.33. The molecule has 5 heteroatoms. The molecule has 1 aliphatic rings. The maximum atomic E-state index is 4.77. The zero-order valence-electron chi connectivity index (χ0n) is 12.7. The third-order valence-corrected chi connectivity index (χ3v) is 4.81. The van der Waals surface area contributed by atoms with E-state index >= 15 is 0 Å². The van der Waals surface area contributed by atoms with E-state index in [1.54, 1.807) is 11.3 Å². The molecule has 0 bridgehead atoms. The van der Waals surface area contributed by atoms with Gasteiger partial charge in [0, 0.05) is 17.3 Å². The minimum Gasteiger partial charge on any atom is -0.317 e. The molecule has 3 rings (SSSR count). The summed E-state index contributed by atoms with van der Waals surface area (Å²) >= 11 is 1.69. The molecule has 2 heterocycles. The Balaban J connectivity index is 1.68. The van der Waals surface area contributed by atoms with Gasteiger partial charge in [-0.2, -0.15) is 0 Å². The summed E-state index contributed by atoms with van der Waals surface area (Å²) in [5.41, 5.74) is 3.67. The zero-order valence-corrected chi connectivity index (χ0v) is 13.5. The van der Waals surface area contributed by atoms with Crippen LogP contribution in [0.25, 0.3) is 0 Å². The number of fused-ring (bicyclic) bond motifs is 1. The smallest absolute Gasteiger partial charge is 0.134 e. The van der Waals surface area contributed by atoms with Gasteiger partial charge in [0.25, 0.3) is 0 Å². The first-order valence-electron chi connectivity index (χ1n) is 7.70. The number of thiazole rings is 1. The first kappa shape index (κ1) is 14.6. The van der Waals surface area contributed by atoms with Crippen LogP contribution in [0.3, 0.4) is 0 Å². The largest absolute Gasteiger partial charge is 0.317 e. The summed E-state index contributed by atoms with van der Waals surface area (Å²) in [6, 6.07) is 0. The van der Waals surface area contributed by atoms with Gasteiger partial charge in [0.05, 0.1) is 17.1 Å². The lowest BCUT2D eigenvalue weighted by Crippen LogP contribution is -2.27. The van der Waals surface area contributed by atoms with Crippen LogP contribution in [0.4, 0.5) is 0 Å². The summed E-state index contributed by atoms with van der Waals surface area (Å²) in [5, 5.41) is 6.65. The maximum absolute atomic E-state index is 4.77. The molecule has 0 spiro atoms. The highest BCUT2D eigenvalue weighted by Crippen LogP contribution is 2.23. The van der Waals surface area contributed by atoms with E-state index in [0.717, 1.165) is 54.8 Å². The zero-order chi connectivity index (χ0) is 14.7. The normalized spacial score (nSPS) is 17.7. The Morgan fingerprint density at radius 2 is 2.29 bits per heavy atom. The van der Waals surface area contributed by atoms with Gasteiger partial charge in [-0.3, -0.25) is 0 Å². The van der Waals surface area contributed by atoms with E-state index in [0.29, 0.717) is 0 Å². The summed E-state index contributed by atoms with van der Waals surface area (Å²) in [4.78, 5) is 13.8. The topological polar surface area (TPSA) is 50.7 Å². The van der Waals surface area contributed by atoms with Gasteiger partial charge in [0.2, 0.25) is 0 Å². The molecule has 0 radical (unpaired) electrons. The summed E-state index contributed by atoms with van der Waals surface area (Å²) < 4.78 is 0. The predicted octanol–water partition coefficient (Wildman–Crippen LogP) is 2.55. The number of aromatic nitrogens is 3. The predicted molar refractivity (Wildman–Crippen MR) is 85.7 cm³/mol. The lowest BCUT2D eigenvalue weighted by molar-refractivity contribution is 0.423. The summed E-state index contributed by atoms with van der Waals surface area (Å²) in [7, 11) is 0. The molecule has 1 aliphatic carbocycles. The third-order valence-electron chi connectivity index (χ3n) is 3.99. The number of nitrogens with one attached hydrogen (secondary N) is 1. The molecule has 4 nitrogen and oxygen atoms in total. The van der Waals surface area contributed by atoms with Crippen molar-refractivity contribution in [2.24, 2.45) is 5.92 Å². The summed E-state index contributed by atoms with van der Waals surface area (Å²) in [5.74, 6) is 1.64. The average molecular weight is 302 g/mol. The second kappa shape index (κ2) is 6.62. The van der Waals surface area contributed by atoms with Crippen LogP contribution in [0.15, 0.2) is 11.6 Å². The first-order valence-corrected chi connectivity index (χ1v) is 8.58. The molecule has 1 N–H and O–H groups in total. The molecular weight excluding hydrogens is 280 g/mol. The van der Waals surface area contributed by atoms with Gasteiger partial charge >= 0.3 is 0 Å². The standard InChI is InChI=1S/C16H22N4S/c1-3-17-8-12-4-5-15-13(6-12)9-18-16(20-15)7-14-10-21-11(2)19-14/h9-10,12,17H,3-8H2,1-2H3. The van der Waals surface area contributed by atoms with Crippen molar-refractivity contribution in [3.05, 3.63) is 39.4 Å². The van der Waals surface area contributed by atoms with Gasteiger partial charge in [0.15, 0.2) is 0 Å². The van der Waals surface area contributed by atoms with E-state index in [9.17, 15) is 0 Å². The second-order valence-corrected chi connectivity index (χ2v) is 6.77. The number of hydrogen-bond acceptors (Lipinski definition) is 5. The van der Waals surface area contributed by atoms with Gasteiger partial charge < -0.3 is 5.32 Å². The molecule has 0 aliphatic heterocycles. The van der Waals surface area contributed by atoms with Crippen LogP contribution < -0.4 is 5.32 Å². The second-order valence-electron chi connectivity index (χ2n) is 5.71. The van der Waals surface area contributed by atoms with Crippen LogP contribution in [0.2, 0.25) is 0 Å². The minimum atomic E-state index is 0.730. The van der Waals surface area contributed by atoms with E-state index in [1.165, 1.54) is 17.7 Å². The maximum Gasteiger partial charge on any atom is 0.134 e. The summed E-state index contributed by atoms with van der Waals surface area (Å²) in [6.07, 6.45) is 6.20. The molecule has 112 valence electrons. The Morgan fingerprint density at radius 1 is 1.38 bits per heavy atom. The molecule has 1 unspecified atom stereocenters. The van der Waals surface area contributed by atoms with E-state index in [-0.39, 0.29) is 0 Å². The molecule has 0 amide bonds. The fourth-order valence-corrected chi connectivity index (χ4v) is 3.50. The molecule has 0 saturated carbocycles. The van der Waals surface area contributed by atoms with Crippen LogP contribution in [0.1, 0.15) is 41.1 Å². The molecule has 0 saturated heterocycles. The lowest BCUT2D eigenvalue weighted by atomic mass is 9.87. The van der Waals surface area contributed by atoms with Crippen molar-refractivity contribution in [3.63, 3.8) is 0 Å². The molecular formula is C16H22N4S. The monoisotopic (exact) mass is 302 g/mol. The van der Waals surface area contributed by atoms with Crippen molar-refractivity contribution in [1.29, 1.82) is 0 Å². The van der Waals surface area contributed by atoms with E-state index in [2.05, 4.69) is 27.6 Å². The van der Waals surface area contributed by atoms with Crippen LogP contribution in [-0.2, 0) is 19.3 Å². The highest BCUT2D eigenvalue weighted by atomic mass is 32.1. The van der Waals surface area contributed by atoms with Crippen LogP contribution >= 0.6 is 11.3 Å². The number of rotatable bonds is 5. The quantitative estimate of drug-likeness (QED) is 0.922. The van der Waals surface area contributed by atoms with Crippen molar-refractivity contribution in [1.82, 2.24) is 20.3 Å². The molecule has 21 heavy (non-hydrogen) atoms. The van der Waals surface area contributed by atoms with E-state index in [1.807, 2.05) is 13.1 Å². The van der Waals surface area contributed by atoms with Gasteiger partial charge in [-0.1, -0.05) is 6.92 Å². The van der Waals surface area contributed by atoms with Gasteiger partial charge in [-0.15, -0.1) is 11.3 Å². The third kappa shape index (κ3) is 3.66. The minimum absolute atomic E-state index is 0.730. The fraction of sp³-hybridized carbons (Fsp3) is 0.562. The van der Waals surface area contributed by atoms with Gasteiger partial charge in [0.1, 0.15) is 5.82 Å². The van der Waals surface area contributed by atoms with Crippen LogP contribution in [0, 0.1) is 12.8 Å². The van der Waals surface area contributed by atoms with Gasteiger partial charge in [-0.25, -0.2) is 15.0 Å². The number of aryl methyl sites for hydroxylation is 2. The van der Waals surface area contributed by atoms with Crippen molar-refractivity contribution in [2.45, 2.75) is 39.5 Å². The Labute approximate surface area is 130 Å². The Bertz CT molecular complexity index is 608. The van der Waals surface area contributed by atoms with Crippen molar-refractivity contribution < 1.29 is 0 Å². The summed E-state index contributed by atoms with van der Waals surface area (Å²) in [6.45, 7) is 6.35. The Morgan fingerprint density at radius 3 is 3.05 bits per heavy atom. The molecule has 2 aromatic rings. The van der Waals surface area contributed by atoms with Crippen LogP contribution in [0.5, 0.6) is 0 Å². The first-order chi connectivity index (χ1) is 10.2. The SMILES string of the molecule is CCNCC1CCc2nc(Cc3csc(C)n3)ncc2C1. The fourth-order valence-electron chi connectivity index (χ4n) is 2.88. The lowest BCUT2D eigenvalue weighted by Gasteiger charge is -2.24. The highest BCUT2D eigenvalue weighted by molar-refractivity contribution is 7.09.